The van der Waals surface area contributed by atoms with Gasteiger partial charge >= 0.3 is 6.03 Å². The maximum absolute atomic E-state index is 13.7. The zero-order chi connectivity index (χ0) is 22.1. The molecule has 6 nitrogen and oxygen atoms in total. The Morgan fingerprint density at radius 2 is 1.53 bits per heavy atom. The van der Waals surface area contributed by atoms with Crippen molar-refractivity contribution in [1.82, 2.24) is 10.2 Å². The molecule has 1 atom stereocenters. The van der Waals surface area contributed by atoms with E-state index in [1.165, 1.54) is 0 Å². The van der Waals surface area contributed by atoms with Gasteiger partial charge in [0, 0.05) is 18.7 Å². The number of carbonyl (C=O) groups is 3. The fourth-order valence-electron chi connectivity index (χ4n) is 4.63. The number of nitrogens with one attached hydrogen (secondary N) is 1. The van der Waals surface area contributed by atoms with Gasteiger partial charge in [0.25, 0.3) is 5.91 Å². The predicted octanol–water partition coefficient (Wildman–Crippen LogP) is 3.27. The van der Waals surface area contributed by atoms with Crippen LogP contribution < -0.4 is 10.2 Å². The molecule has 1 N–H and O–H groups in total. The monoisotopic (exact) mass is 425 g/mol. The summed E-state index contributed by atoms with van der Waals surface area (Å²) in [5, 5.41) is 2.91. The van der Waals surface area contributed by atoms with Gasteiger partial charge in [-0.2, -0.15) is 0 Å². The Balaban J connectivity index is 1.45. The number of rotatable bonds is 5. The number of imide groups is 1. The predicted molar refractivity (Wildman–Crippen MR) is 121 cm³/mol. The van der Waals surface area contributed by atoms with Crippen LogP contribution in [0.5, 0.6) is 0 Å². The van der Waals surface area contributed by atoms with Crippen LogP contribution in [0.1, 0.15) is 16.7 Å². The van der Waals surface area contributed by atoms with Crippen molar-refractivity contribution in [2.24, 2.45) is 0 Å². The van der Waals surface area contributed by atoms with Crippen LogP contribution in [0.2, 0.25) is 0 Å². The summed E-state index contributed by atoms with van der Waals surface area (Å²) in [7, 11) is 0. The summed E-state index contributed by atoms with van der Waals surface area (Å²) in [6, 6.07) is 26.0. The van der Waals surface area contributed by atoms with E-state index in [-0.39, 0.29) is 12.5 Å². The van der Waals surface area contributed by atoms with E-state index in [9.17, 15) is 14.4 Å². The SMILES string of the molecule is O=C1NC(Cc2ccccc2)(c2ccccc2)C(=O)N1CC(=O)N1CCc2ccccc21. The molecule has 160 valence electrons. The molecular weight excluding hydrogens is 402 g/mol. The number of carbonyl (C=O) groups excluding carboxylic acids is 3. The van der Waals surface area contributed by atoms with Crippen LogP contribution in [0.3, 0.4) is 0 Å². The second-order valence-corrected chi connectivity index (χ2v) is 8.18. The first-order chi connectivity index (χ1) is 15.6. The van der Waals surface area contributed by atoms with Crippen LogP contribution in [-0.4, -0.2) is 35.8 Å². The molecule has 5 rings (SSSR count). The maximum atomic E-state index is 13.7. The standard InChI is InChI=1S/C26H23N3O3/c30-23(28-16-15-20-11-7-8-14-22(20)28)18-29-24(31)26(27-25(29)32,21-12-5-2-6-13-21)17-19-9-3-1-4-10-19/h1-14H,15-18H2,(H,27,32). The number of urea groups is 1. The Hall–Kier alpha value is -3.93. The Kier molecular flexibility index (Phi) is 4.98. The molecule has 1 unspecified atom stereocenters. The van der Waals surface area contributed by atoms with Crippen molar-refractivity contribution in [2.75, 3.05) is 18.0 Å². The van der Waals surface area contributed by atoms with Crippen LogP contribution in [0.4, 0.5) is 10.5 Å². The highest BCUT2D eigenvalue weighted by atomic mass is 16.2. The van der Waals surface area contributed by atoms with Crippen molar-refractivity contribution in [3.05, 3.63) is 102 Å². The molecule has 2 aliphatic heterocycles. The summed E-state index contributed by atoms with van der Waals surface area (Å²) in [6.07, 6.45) is 1.07. The van der Waals surface area contributed by atoms with Gasteiger partial charge in [-0.3, -0.25) is 14.5 Å². The van der Waals surface area contributed by atoms with Crippen LogP contribution in [0.25, 0.3) is 0 Å². The number of benzene rings is 3. The number of amides is 4. The third-order valence-corrected chi connectivity index (χ3v) is 6.24. The molecule has 2 aliphatic rings. The first-order valence-corrected chi connectivity index (χ1v) is 10.7. The molecule has 3 aromatic carbocycles. The topological polar surface area (TPSA) is 69.7 Å². The quantitative estimate of drug-likeness (QED) is 0.638. The molecular formula is C26H23N3O3. The largest absolute Gasteiger partial charge is 0.325 e. The van der Waals surface area contributed by atoms with Gasteiger partial charge in [-0.15, -0.1) is 0 Å². The summed E-state index contributed by atoms with van der Waals surface area (Å²) in [4.78, 5) is 42.5. The summed E-state index contributed by atoms with van der Waals surface area (Å²) in [6.45, 7) is 0.262. The van der Waals surface area contributed by atoms with E-state index >= 15 is 0 Å². The summed E-state index contributed by atoms with van der Waals surface area (Å²) in [5.74, 6) is -0.666. The molecule has 0 spiro atoms. The van der Waals surface area contributed by atoms with Crippen molar-refractivity contribution in [1.29, 1.82) is 0 Å². The average molecular weight is 425 g/mol. The summed E-state index contributed by atoms with van der Waals surface area (Å²) in [5.41, 5.74) is 2.32. The minimum Gasteiger partial charge on any atom is -0.319 e. The normalized spacial score (nSPS) is 19.8. The molecule has 32 heavy (non-hydrogen) atoms. The molecule has 4 amide bonds. The number of nitrogens with zero attached hydrogens (tertiary/aromatic N) is 2. The zero-order valence-corrected chi connectivity index (χ0v) is 17.5. The average Bonchev–Trinajstić information content (AvgIpc) is 3.36. The molecule has 3 aromatic rings. The van der Waals surface area contributed by atoms with E-state index in [0.717, 1.165) is 28.1 Å². The lowest BCUT2D eigenvalue weighted by Gasteiger charge is -2.28. The molecule has 0 bridgehead atoms. The van der Waals surface area contributed by atoms with Gasteiger partial charge < -0.3 is 10.2 Å². The van der Waals surface area contributed by atoms with Crippen LogP contribution in [0, 0.1) is 0 Å². The first-order valence-electron chi connectivity index (χ1n) is 10.7. The molecule has 0 aliphatic carbocycles. The molecule has 0 radical (unpaired) electrons. The second kappa shape index (κ2) is 7.96. The zero-order valence-electron chi connectivity index (χ0n) is 17.5. The maximum Gasteiger partial charge on any atom is 0.325 e. The van der Waals surface area contributed by atoms with Gasteiger partial charge in [-0.1, -0.05) is 78.9 Å². The number of anilines is 1. The van der Waals surface area contributed by atoms with Gasteiger partial charge in [-0.25, -0.2) is 4.79 Å². The van der Waals surface area contributed by atoms with Gasteiger partial charge in [-0.05, 0) is 29.2 Å². The number of hydrogen-bond donors (Lipinski definition) is 1. The van der Waals surface area contributed by atoms with Crippen molar-refractivity contribution in [3.8, 4) is 0 Å². The highest BCUT2D eigenvalue weighted by Crippen LogP contribution is 2.34. The summed E-state index contributed by atoms with van der Waals surface area (Å²) >= 11 is 0. The molecule has 1 fully saturated rings. The fourth-order valence-corrected chi connectivity index (χ4v) is 4.63. The van der Waals surface area contributed by atoms with Crippen molar-refractivity contribution in [3.63, 3.8) is 0 Å². The smallest absolute Gasteiger partial charge is 0.319 e. The Labute approximate surface area is 186 Å². The fraction of sp³-hybridized carbons (Fsp3) is 0.192. The lowest BCUT2D eigenvalue weighted by Crippen LogP contribution is -2.47. The Morgan fingerprint density at radius 1 is 0.875 bits per heavy atom. The lowest BCUT2D eigenvalue weighted by molar-refractivity contribution is -0.134. The van der Waals surface area contributed by atoms with E-state index in [4.69, 9.17) is 0 Å². The minimum absolute atomic E-state index is 0.262. The Morgan fingerprint density at radius 3 is 2.28 bits per heavy atom. The van der Waals surface area contributed by atoms with Crippen molar-refractivity contribution in [2.45, 2.75) is 18.4 Å². The highest BCUT2D eigenvalue weighted by molar-refractivity contribution is 6.11. The van der Waals surface area contributed by atoms with Crippen LogP contribution in [0.15, 0.2) is 84.9 Å². The van der Waals surface area contributed by atoms with Crippen LogP contribution >= 0.6 is 0 Å². The van der Waals surface area contributed by atoms with E-state index in [0.29, 0.717) is 18.5 Å². The molecule has 2 heterocycles. The number of para-hydroxylation sites is 1. The summed E-state index contributed by atoms with van der Waals surface area (Å²) < 4.78 is 0. The van der Waals surface area contributed by atoms with E-state index in [2.05, 4.69) is 5.32 Å². The van der Waals surface area contributed by atoms with E-state index in [1.54, 1.807) is 4.90 Å². The van der Waals surface area contributed by atoms with Gasteiger partial charge in [0.05, 0.1) is 0 Å². The van der Waals surface area contributed by atoms with Crippen LogP contribution in [-0.2, 0) is 28.0 Å². The molecule has 6 heteroatoms. The molecule has 0 saturated carbocycles. The highest BCUT2D eigenvalue weighted by Gasteiger charge is 2.53. The van der Waals surface area contributed by atoms with Gasteiger partial charge in [0.2, 0.25) is 5.91 Å². The first kappa shape index (κ1) is 20.0. The Bertz CT molecular complexity index is 1180. The van der Waals surface area contributed by atoms with Gasteiger partial charge in [0.1, 0.15) is 6.54 Å². The number of fused-ring (bicyclic) bond motifs is 1. The van der Waals surface area contributed by atoms with E-state index < -0.39 is 17.5 Å². The molecule has 1 saturated heterocycles. The van der Waals surface area contributed by atoms with E-state index in [1.807, 2.05) is 84.9 Å². The number of hydrogen-bond acceptors (Lipinski definition) is 3. The van der Waals surface area contributed by atoms with Crippen molar-refractivity contribution < 1.29 is 14.4 Å². The lowest BCUT2D eigenvalue weighted by atomic mass is 9.83. The third kappa shape index (κ3) is 3.34. The third-order valence-electron chi connectivity index (χ3n) is 6.24. The minimum atomic E-state index is -1.25. The molecule has 0 aromatic heterocycles. The van der Waals surface area contributed by atoms with Crippen molar-refractivity contribution >= 4 is 23.5 Å². The van der Waals surface area contributed by atoms with Gasteiger partial charge in [0.15, 0.2) is 5.54 Å². The second-order valence-electron chi connectivity index (χ2n) is 8.18.